The Morgan fingerprint density at radius 3 is 2.50 bits per heavy atom. The Morgan fingerprint density at radius 2 is 1.75 bits per heavy atom. The summed E-state index contributed by atoms with van der Waals surface area (Å²) in [6.07, 6.45) is 3.06. The zero-order valence-corrected chi connectivity index (χ0v) is 15.7. The van der Waals surface area contributed by atoms with Gasteiger partial charge < -0.3 is 20.1 Å². The van der Waals surface area contributed by atoms with Crippen LogP contribution in [0.1, 0.15) is 22.8 Å². The predicted molar refractivity (Wildman–Crippen MR) is 105 cm³/mol. The molecule has 0 aliphatic carbocycles. The Kier molecular flexibility index (Phi) is 7.77. The minimum absolute atomic E-state index is 0.255. The van der Waals surface area contributed by atoms with Crippen LogP contribution in [0.5, 0.6) is 11.5 Å². The van der Waals surface area contributed by atoms with Crippen molar-refractivity contribution in [2.75, 3.05) is 20.2 Å². The van der Waals surface area contributed by atoms with Gasteiger partial charge in [-0.05, 0) is 30.3 Å². The van der Waals surface area contributed by atoms with Crippen molar-refractivity contribution in [2.24, 2.45) is 0 Å². The summed E-state index contributed by atoms with van der Waals surface area (Å²) in [6, 6.07) is 13.6. The van der Waals surface area contributed by atoms with Crippen LogP contribution in [-0.4, -0.2) is 38.0 Å². The molecule has 28 heavy (non-hydrogen) atoms. The smallest absolute Gasteiger partial charge is 0.308 e. The van der Waals surface area contributed by atoms with Crippen LogP contribution >= 0.6 is 0 Å². The Balaban J connectivity index is 1.77. The molecule has 0 aliphatic heterocycles. The maximum atomic E-state index is 12.1. The van der Waals surface area contributed by atoms with E-state index in [1.807, 2.05) is 24.3 Å². The molecule has 0 aromatic heterocycles. The molecule has 0 unspecified atom stereocenters. The fraction of sp³-hybridized carbons (Fsp3) is 0.190. The largest absolute Gasteiger partial charge is 0.496 e. The van der Waals surface area contributed by atoms with Crippen LogP contribution < -0.4 is 20.1 Å². The molecule has 0 fully saturated rings. The van der Waals surface area contributed by atoms with Crippen molar-refractivity contribution in [3.63, 3.8) is 0 Å². The van der Waals surface area contributed by atoms with Crippen LogP contribution in [-0.2, 0) is 9.59 Å². The van der Waals surface area contributed by atoms with E-state index < -0.39 is 5.97 Å². The van der Waals surface area contributed by atoms with E-state index in [0.717, 1.165) is 5.56 Å². The number of hydrogen-bond donors (Lipinski definition) is 2. The summed E-state index contributed by atoms with van der Waals surface area (Å²) < 4.78 is 10.2. The fourth-order valence-electron chi connectivity index (χ4n) is 2.36. The van der Waals surface area contributed by atoms with Gasteiger partial charge in [0, 0.05) is 37.2 Å². The molecule has 146 valence electrons. The van der Waals surface area contributed by atoms with Gasteiger partial charge in [-0.1, -0.05) is 24.3 Å². The second-order valence-electron chi connectivity index (χ2n) is 5.74. The third-order valence-electron chi connectivity index (χ3n) is 3.62. The molecule has 0 saturated carbocycles. The molecule has 7 heteroatoms. The topological polar surface area (TPSA) is 93.7 Å². The number of esters is 1. The molecule has 0 heterocycles. The lowest BCUT2D eigenvalue weighted by atomic mass is 10.2. The lowest BCUT2D eigenvalue weighted by Crippen LogP contribution is -2.34. The van der Waals surface area contributed by atoms with Crippen molar-refractivity contribution >= 4 is 23.9 Å². The maximum absolute atomic E-state index is 12.1. The van der Waals surface area contributed by atoms with E-state index in [1.54, 1.807) is 31.4 Å². The van der Waals surface area contributed by atoms with E-state index in [2.05, 4.69) is 10.6 Å². The zero-order valence-electron chi connectivity index (χ0n) is 15.7. The number of hydrogen-bond acceptors (Lipinski definition) is 5. The summed E-state index contributed by atoms with van der Waals surface area (Å²) in [7, 11) is 1.57. The van der Waals surface area contributed by atoms with Gasteiger partial charge in [-0.3, -0.25) is 14.4 Å². The van der Waals surface area contributed by atoms with E-state index in [1.165, 1.54) is 19.1 Å². The van der Waals surface area contributed by atoms with Crippen molar-refractivity contribution in [1.29, 1.82) is 0 Å². The van der Waals surface area contributed by atoms with Gasteiger partial charge in [0.15, 0.2) is 0 Å². The van der Waals surface area contributed by atoms with Gasteiger partial charge in [-0.2, -0.15) is 0 Å². The van der Waals surface area contributed by atoms with E-state index >= 15 is 0 Å². The van der Waals surface area contributed by atoms with Crippen molar-refractivity contribution in [2.45, 2.75) is 6.92 Å². The number of rotatable bonds is 8. The molecule has 2 N–H and O–H groups in total. The first-order valence-corrected chi connectivity index (χ1v) is 8.65. The predicted octanol–water partition coefficient (Wildman–Crippen LogP) is 2.18. The summed E-state index contributed by atoms with van der Waals surface area (Å²) in [5, 5.41) is 5.37. The number of ether oxygens (including phenoxy) is 2. The van der Waals surface area contributed by atoms with Gasteiger partial charge in [-0.25, -0.2) is 0 Å². The molecule has 2 aromatic rings. The molecule has 0 spiro atoms. The van der Waals surface area contributed by atoms with Gasteiger partial charge >= 0.3 is 5.97 Å². The summed E-state index contributed by atoms with van der Waals surface area (Å²) >= 11 is 0. The van der Waals surface area contributed by atoms with Gasteiger partial charge in [0.25, 0.3) is 5.91 Å². The molecular formula is C21H22N2O5. The molecule has 0 saturated heterocycles. The Bertz CT molecular complexity index is 877. The van der Waals surface area contributed by atoms with Gasteiger partial charge in [0.2, 0.25) is 5.91 Å². The third-order valence-corrected chi connectivity index (χ3v) is 3.62. The average molecular weight is 382 g/mol. The van der Waals surface area contributed by atoms with E-state index in [4.69, 9.17) is 9.47 Å². The highest BCUT2D eigenvalue weighted by molar-refractivity contribution is 5.95. The number of amides is 2. The van der Waals surface area contributed by atoms with Crippen LogP contribution in [0.2, 0.25) is 0 Å². The van der Waals surface area contributed by atoms with Crippen LogP contribution in [0.4, 0.5) is 0 Å². The Hall–Kier alpha value is -3.61. The highest BCUT2D eigenvalue weighted by Crippen LogP contribution is 2.18. The standard InChI is InChI=1S/C21H22N2O5/c1-15(24)28-18-8-5-7-17(14-18)21(26)23-13-12-22-20(25)11-10-16-6-3-4-9-19(16)27-2/h3-11,14H,12-13H2,1-2H3,(H,22,25)(H,23,26)/b11-10+. The lowest BCUT2D eigenvalue weighted by molar-refractivity contribution is -0.131. The minimum atomic E-state index is -0.457. The third kappa shape index (κ3) is 6.60. The first-order chi connectivity index (χ1) is 13.5. The summed E-state index contributed by atoms with van der Waals surface area (Å²) in [4.78, 5) is 35.0. The second-order valence-corrected chi connectivity index (χ2v) is 5.74. The Labute approximate surface area is 163 Å². The number of nitrogens with one attached hydrogen (secondary N) is 2. The van der Waals surface area contributed by atoms with Crippen LogP contribution in [0.3, 0.4) is 0 Å². The second kappa shape index (κ2) is 10.5. The SMILES string of the molecule is COc1ccccc1/C=C/C(=O)NCCNC(=O)c1cccc(OC(C)=O)c1. The molecule has 7 nitrogen and oxygen atoms in total. The molecule has 2 amide bonds. The van der Waals surface area contributed by atoms with E-state index in [9.17, 15) is 14.4 Å². The summed E-state index contributed by atoms with van der Waals surface area (Å²) in [5.41, 5.74) is 1.15. The number of carbonyl (C=O) groups is 3. The quantitative estimate of drug-likeness (QED) is 0.316. The van der Waals surface area contributed by atoms with Crippen LogP contribution in [0, 0.1) is 0 Å². The summed E-state index contributed by atoms with van der Waals surface area (Å²) in [5.74, 6) is -0.0870. The highest BCUT2D eigenvalue weighted by Gasteiger charge is 2.07. The first kappa shape index (κ1) is 20.7. The number of para-hydroxylation sites is 1. The zero-order chi connectivity index (χ0) is 20.4. The molecule has 2 aromatic carbocycles. The monoisotopic (exact) mass is 382 g/mol. The number of methoxy groups -OCH3 is 1. The van der Waals surface area contributed by atoms with Crippen LogP contribution in [0.15, 0.2) is 54.6 Å². The van der Waals surface area contributed by atoms with E-state index in [0.29, 0.717) is 17.1 Å². The highest BCUT2D eigenvalue weighted by atomic mass is 16.5. The lowest BCUT2D eigenvalue weighted by Gasteiger charge is -2.07. The average Bonchev–Trinajstić information content (AvgIpc) is 2.69. The maximum Gasteiger partial charge on any atom is 0.308 e. The van der Waals surface area contributed by atoms with Crippen molar-refractivity contribution in [3.8, 4) is 11.5 Å². The molecule has 0 radical (unpaired) electrons. The number of benzene rings is 2. The van der Waals surface area contributed by atoms with Crippen molar-refractivity contribution in [1.82, 2.24) is 10.6 Å². The van der Waals surface area contributed by atoms with Crippen LogP contribution in [0.25, 0.3) is 6.08 Å². The molecule has 0 bridgehead atoms. The Morgan fingerprint density at radius 1 is 1.00 bits per heavy atom. The van der Waals surface area contributed by atoms with Gasteiger partial charge in [-0.15, -0.1) is 0 Å². The van der Waals surface area contributed by atoms with Gasteiger partial charge in [0.05, 0.1) is 7.11 Å². The summed E-state index contributed by atoms with van der Waals surface area (Å²) in [6.45, 7) is 1.81. The van der Waals surface area contributed by atoms with Crippen molar-refractivity contribution in [3.05, 3.63) is 65.7 Å². The van der Waals surface area contributed by atoms with E-state index in [-0.39, 0.29) is 24.9 Å². The molecule has 0 atom stereocenters. The normalized spacial score (nSPS) is 10.4. The number of carbonyl (C=O) groups excluding carboxylic acids is 3. The fourth-order valence-corrected chi connectivity index (χ4v) is 2.36. The minimum Gasteiger partial charge on any atom is -0.496 e. The first-order valence-electron chi connectivity index (χ1n) is 8.65. The van der Waals surface area contributed by atoms with Crippen molar-refractivity contribution < 1.29 is 23.9 Å². The van der Waals surface area contributed by atoms with Gasteiger partial charge in [0.1, 0.15) is 11.5 Å². The molecule has 0 aliphatic rings. The molecular weight excluding hydrogens is 360 g/mol. The molecule has 2 rings (SSSR count).